The van der Waals surface area contributed by atoms with Gasteiger partial charge in [0, 0.05) is 37.9 Å². The van der Waals surface area contributed by atoms with E-state index in [-0.39, 0.29) is 23.7 Å². The topological polar surface area (TPSA) is 96.0 Å². The Morgan fingerprint density at radius 2 is 2.25 bits per heavy atom. The lowest BCUT2D eigenvalue weighted by Crippen LogP contribution is -2.42. The fourth-order valence-corrected chi connectivity index (χ4v) is 2.13. The number of carbonyl (C=O) groups excluding carboxylic acids is 2. The molecule has 1 aliphatic rings. The Kier molecular flexibility index (Phi) is 5.00. The summed E-state index contributed by atoms with van der Waals surface area (Å²) in [6.45, 7) is 3.23. The number of ketones is 1. The molecule has 2 atom stereocenters. The molecule has 3 N–H and O–H groups in total. The van der Waals surface area contributed by atoms with Crippen molar-refractivity contribution in [1.29, 1.82) is 0 Å². The zero-order valence-electron chi connectivity index (χ0n) is 11.4. The van der Waals surface area contributed by atoms with Crippen molar-refractivity contribution >= 4 is 17.5 Å². The van der Waals surface area contributed by atoms with Gasteiger partial charge in [-0.25, -0.2) is 4.98 Å². The summed E-state index contributed by atoms with van der Waals surface area (Å²) in [5, 5.41) is 8.96. The van der Waals surface area contributed by atoms with E-state index in [1.54, 1.807) is 25.5 Å². The van der Waals surface area contributed by atoms with Crippen LogP contribution in [-0.4, -0.2) is 47.3 Å². The van der Waals surface area contributed by atoms with Crippen molar-refractivity contribution in [1.82, 2.24) is 20.6 Å². The van der Waals surface area contributed by atoms with Crippen LogP contribution in [0.15, 0.2) is 18.6 Å². The minimum Gasteiger partial charge on any atom is -0.367 e. The van der Waals surface area contributed by atoms with Gasteiger partial charge in [-0.3, -0.25) is 14.6 Å². The summed E-state index contributed by atoms with van der Waals surface area (Å²) < 4.78 is 0. The van der Waals surface area contributed by atoms with Gasteiger partial charge in [0.25, 0.3) is 0 Å². The van der Waals surface area contributed by atoms with E-state index in [0.29, 0.717) is 31.9 Å². The summed E-state index contributed by atoms with van der Waals surface area (Å²) in [4.78, 5) is 31.1. The van der Waals surface area contributed by atoms with Gasteiger partial charge in [-0.05, 0) is 13.3 Å². The molecule has 1 aliphatic heterocycles. The smallest absolute Gasteiger partial charge is 0.237 e. The van der Waals surface area contributed by atoms with E-state index in [4.69, 9.17) is 0 Å². The number of carbonyl (C=O) groups is 2. The molecule has 2 rings (SSSR count). The second-order valence-corrected chi connectivity index (χ2v) is 4.81. The number of nitrogens with zero attached hydrogens (tertiary/aromatic N) is 2. The Bertz CT molecular complexity index is 465. The highest BCUT2D eigenvalue weighted by Gasteiger charge is 2.31. The first-order valence-electron chi connectivity index (χ1n) is 6.68. The van der Waals surface area contributed by atoms with Crippen LogP contribution in [0.2, 0.25) is 0 Å². The fraction of sp³-hybridized carbons (Fsp3) is 0.538. The zero-order chi connectivity index (χ0) is 14.4. The van der Waals surface area contributed by atoms with Crippen LogP contribution in [0, 0.1) is 5.92 Å². The van der Waals surface area contributed by atoms with Crippen molar-refractivity contribution in [3.8, 4) is 0 Å². The molecule has 20 heavy (non-hydrogen) atoms. The van der Waals surface area contributed by atoms with Gasteiger partial charge >= 0.3 is 0 Å². The number of hydrogen-bond acceptors (Lipinski definition) is 6. The van der Waals surface area contributed by atoms with E-state index in [9.17, 15) is 9.59 Å². The van der Waals surface area contributed by atoms with Gasteiger partial charge in [0.1, 0.15) is 11.6 Å². The van der Waals surface area contributed by atoms with E-state index in [0.717, 1.165) is 0 Å². The summed E-state index contributed by atoms with van der Waals surface area (Å²) in [6, 6.07) is -0.264. The largest absolute Gasteiger partial charge is 0.367 e. The molecule has 1 aromatic rings. The minimum atomic E-state index is -0.264. The Hall–Kier alpha value is -2.02. The van der Waals surface area contributed by atoms with Crippen LogP contribution >= 0.6 is 0 Å². The summed E-state index contributed by atoms with van der Waals surface area (Å²) in [5.41, 5.74) is 0. The maximum Gasteiger partial charge on any atom is 0.237 e. The normalized spacial score (nSPS) is 21.4. The predicted octanol–water partition coefficient (Wildman–Crippen LogP) is -0.428. The minimum absolute atomic E-state index is 0.0385. The molecule has 1 fully saturated rings. The molecule has 7 heteroatoms. The van der Waals surface area contributed by atoms with Crippen molar-refractivity contribution in [2.24, 2.45) is 5.92 Å². The third-order valence-corrected chi connectivity index (χ3v) is 3.32. The monoisotopic (exact) mass is 277 g/mol. The highest BCUT2D eigenvalue weighted by atomic mass is 16.2. The van der Waals surface area contributed by atoms with Crippen LogP contribution in [0.25, 0.3) is 0 Å². The van der Waals surface area contributed by atoms with Gasteiger partial charge in [-0.1, -0.05) is 0 Å². The van der Waals surface area contributed by atoms with Crippen LogP contribution in [0.4, 0.5) is 5.82 Å². The van der Waals surface area contributed by atoms with E-state index >= 15 is 0 Å². The number of amides is 1. The molecule has 0 radical (unpaired) electrons. The Morgan fingerprint density at radius 1 is 1.40 bits per heavy atom. The van der Waals surface area contributed by atoms with Crippen molar-refractivity contribution in [3.63, 3.8) is 0 Å². The fourth-order valence-electron chi connectivity index (χ4n) is 2.13. The van der Waals surface area contributed by atoms with Crippen molar-refractivity contribution in [2.75, 3.05) is 25.0 Å². The highest BCUT2D eigenvalue weighted by Crippen LogP contribution is 2.14. The van der Waals surface area contributed by atoms with Gasteiger partial charge in [-0.2, -0.15) is 0 Å². The molecule has 1 aromatic heterocycles. The highest BCUT2D eigenvalue weighted by molar-refractivity contribution is 5.85. The molecule has 0 aliphatic carbocycles. The van der Waals surface area contributed by atoms with Gasteiger partial charge in [0.15, 0.2) is 0 Å². The SMILES string of the molecule is CC(=O)C1CNC(C(=O)NCCNc2cnccn2)C1. The quantitative estimate of drug-likeness (QED) is 0.611. The predicted molar refractivity (Wildman–Crippen MR) is 74.1 cm³/mol. The van der Waals surface area contributed by atoms with Crippen LogP contribution in [0.1, 0.15) is 13.3 Å². The molecule has 0 spiro atoms. The van der Waals surface area contributed by atoms with Gasteiger partial charge < -0.3 is 16.0 Å². The molecule has 108 valence electrons. The van der Waals surface area contributed by atoms with E-state index in [1.165, 1.54) is 0 Å². The maximum atomic E-state index is 11.9. The van der Waals surface area contributed by atoms with Gasteiger partial charge in [0.05, 0.1) is 12.2 Å². The maximum absolute atomic E-state index is 11.9. The molecular weight excluding hydrogens is 258 g/mol. The van der Waals surface area contributed by atoms with Gasteiger partial charge in [-0.15, -0.1) is 0 Å². The number of hydrogen-bond donors (Lipinski definition) is 3. The van der Waals surface area contributed by atoms with E-state index < -0.39 is 0 Å². The number of anilines is 1. The Morgan fingerprint density at radius 3 is 2.90 bits per heavy atom. The lowest BCUT2D eigenvalue weighted by Gasteiger charge is -2.11. The number of nitrogens with one attached hydrogen (secondary N) is 3. The van der Waals surface area contributed by atoms with Gasteiger partial charge in [0.2, 0.25) is 5.91 Å². The first-order chi connectivity index (χ1) is 9.66. The second-order valence-electron chi connectivity index (χ2n) is 4.81. The first-order valence-corrected chi connectivity index (χ1v) is 6.68. The third kappa shape index (κ3) is 3.99. The van der Waals surface area contributed by atoms with E-state index in [2.05, 4.69) is 25.9 Å². The van der Waals surface area contributed by atoms with Crippen molar-refractivity contribution in [2.45, 2.75) is 19.4 Å². The van der Waals surface area contributed by atoms with Crippen LogP contribution < -0.4 is 16.0 Å². The van der Waals surface area contributed by atoms with Crippen molar-refractivity contribution < 1.29 is 9.59 Å². The standard InChI is InChI=1S/C13H19N5O2/c1-9(19)10-6-11(18-7-10)13(20)17-5-4-16-12-8-14-2-3-15-12/h2-3,8,10-11,18H,4-7H2,1H3,(H,15,16)(H,17,20). The summed E-state index contributed by atoms with van der Waals surface area (Å²) in [7, 11) is 0. The molecular formula is C13H19N5O2. The summed E-state index contributed by atoms with van der Waals surface area (Å²) >= 11 is 0. The third-order valence-electron chi connectivity index (χ3n) is 3.32. The average Bonchev–Trinajstić information content (AvgIpc) is 2.94. The molecule has 2 heterocycles. The lowest BCUT2D eigenvalue weighted by molar-refractivity contribution is -0.122. The first kappa shape index (κ1) is 14.4. The second kappa shape index (κ2) is 6.95. The van der Waals surface area contributed by atoms with Crippen LogP contribution in [0.3, 0.4) is 0 Å². The number of Topliss-reactive ketones (excluding diaryl/α,β-unsaturated/α-hetero) is 1. The molecule has 1 saturated heterocycles. The summed E-state index contributed by atoms with van der Waals surface area (Å²) in [6.07, 6.45) is 5.41. The molecule has 0 aromatic carbocycles. The number of aromatic nitrogens is 2. The molecule has 0 bridgehead atoms. The molecule has 0 saturated carbocycles. The van der Waals surface area contributed by atoms with E-state index in [1.807, 2.05) is 0 Å². The molecule has 2 unspecified atom stereocenters. The molecule has 1 amide bonds. The van der Waals surface area contributed by atoms with Crippen molar-refractivity contribution in [3.05, 3.63) is 18.6 Å². The molecule has 7 nitrogen and oxygen atoms in total. The zero-order valence-corrected chi connectivity index (χ0v) is 11.4. The number of rotatable bonds is 6. The lowest BCUT2D eigenvalue weighted by atomic mass is 10.0. The van der Waals surface area contributed by atoms with Crippen LogP contribution in [0.5, 0.6) is 0 Å². The summed E-state index contributed by atoms with van der Waals surface area (Å²) in [5.74, 6) is 0.715. The van der Waals surface area contributed by atoms with Crippen LogP contribution in [-0.2, 0) is 9.59 Å². The Balaban J connectivity index is 1.65. The Labute approximate surface area is 117 Å². The average molecular weight is 277 g/mol.